The molecule has 2 N–H and O–H groups in total. The fourth-order valence-corrected chi connectivity index (χ4v) is 2.74. The minimum atomic E-state index is -1.35. The molecule has 8 heteroatoms. The maximum atomic E-state index is 12.8. The van der Waals surface area contributed by atoms with Crippen LogP contribution in [0.3, 0.4) is 0 Å². The molecule has 0 bridgehead atoms. The summed E-state index contributed by atoms with van der Waals surface area (Å²) in [7, 11) is -1.35. The van der Waals surface area contributed by atoms with E-state index in [4.69, 9.17) is 10.0 Å². The lowest BCUT2D eigenvalue weighted by Gasteiger charge is -2.00. The standard InChI is InChI=1S/C12H10FN.C7H9BO2.C5H3BrFN/c1-9-5-7-10(8-6-9)11-3-2-4-12(13)14-11;1-6-2-4-7(5-3-6)8(9)10;6-4-2-1-3-5(7)8-4/h2-8H,1H3;2-5,9-10H,1H3;1-3H/i13-1;;7-1. The summed E-state index contributed by atoms with van der Waals surface area (Å²) in [6.07, 6.45) is 0. The Bertz CT molecular complexity index is 1090. The third-order valence-electron chi connectivity index (χ3n) is 4.12. The van der Waals surface area contributed by atoms with Crippen LogP contribution >= 0.6 is 15.9 Å². The zero-order valence-electron chi connectivity index (χ0n) is 17.6. The zero-order valence-corrected chi connectivity index (χ0v) is 19.2. The molecule has 2 heterocycles. The molecule has 0 unspecified atom stereocenters. The number of rotatable bonds is 2. The number of nitrogens with zero attached hydrogens (tertiary/aromatic N) is 2. The third-order valence-corrected chi connectivity index (χ3v) is 4.56. The van der Waals surface area contributed by atoms with Crippen molar-refractivity contribution in [2.75, 3.05) is 0 Å². The fraction of sp³-hybridized carbons (Fsp3) is 0.0833. The monoisotopic (exact) mass is 496 g/mol. The van der Waals surface area contributed by atoms with Gasteiger partial charge in [0, 0.05) is 5.56 Å². The van der Waals surface area contributed by atoms with E-state index in [9.17, 15) is 8.78 Å². The van der Waals surface area contributed by atoms with Crippen molar-refractivity contribution in [1.29, 1.82) is 0 Å². The number of aryl methyl sites for hydroxylation is 2. The predicted molar refractivity (Wildman–Crippen MR) is 127 cm³/mol. The highest BCUT2D eigenvalue weighted by Crippen LogP contribution is 2.17. The normalized spacial score (nSPS) is 9.72. The van der Waals surface area contributed by atoms with Gasteiger partial charge in [-0.3, -0.25) is 0 Å². The smallest absolute Gasteiger partial charge is 0.423 e. The van der Waals surface area contributed by atoms with Crippen LogP contribution in [0.15, 0.2) is 89.5 Å². The van der Waals surface area contributed by atoms with Crippen LogP contribution in [0.1, 0.15) is 11.1 Å². The molecule has 32 heavy (non-hydrogen) atoms. The van der Waals surface area contributed by atoms with Crippen molar-refractivity contribution in [2.45, 2.75) is 13.8 Å². The molecular weight excluding hydrogens is 475 g/mol. The Morgan fingerprint density at radius 1 is 0.688 bits per heavy atom. The molecule has 0 aliphatic heterocycles. The molecule has 0 fully saturated rings. The van der Waals surface area contributed by atoms with Gasteiger partial charge in [-0.05, 0) is 59.5 Å². The van der Waals surface area contributed by atoms with E-state index in [1.165, 1.54) is 17.7 Å². The lowest BCUT2D eigenvalue weighted by Crippen LogP contribution is -2.29. The fourth-order valence-electron chi connectivity index (χ4n) is 2.42. The molecule has 0 aliphatic rings. The van der Waals surface area contributed by atoms with E-state index in [-0.39, 0.29) is 0 Å². The minimum absolute atomic E-state index is 0.442. The van der Waals surface area contributed by atoms with Crippen LogP contribution in [0.4, 0.5) is 8.78 Å². The Morgan fingerprint density at radius 2 is 1.19 bits per heavy atom. The first-order valence-electron chi connectivity index (χ1n) is 9.65. The third kappa shape index (κ3) is 9.05. The zero-order chi connectivity index (χ0) is 23.5. The van der Waals surface area contributed by atoms with Crippen molar-refractivity contribution < 1.29 is 18.8 Å². The number of benzene rings is 2. The lowest BCUT2D eigenvalue weighted by molar-refractivity contribution is 0.426. The van der Waals surface area contributed by atoms with Gasteiger partial charge >= 0.3 is 7.12 Å². The summed E-state index contributed by atoms with van der Waals surface area (Å²) < 4.78 is 25.4. The number of halogens is 3. The van der Waals surface area contributed by atoms with E-state index in [2.05, 4.69) is 25.9 Å². The predicted octanol–water partition coefficient (Wildman–Crippen LogP) is 4.85. The van der Waals surface area contributed by atoms with Gasteiger partial charge in [0.05, 0.1) is 5.69 Å². The van der Waals surface area contributed by atoms with Crippen LogP contribution in [0.25, 0.3) is 11.3 Å². The van der Waals surface area contributed by atoms with Crippen LogP contribution in [0, 0.1) is 25.7 Å². The molecule has 0 radical (unpaired) electrons. The van der Waals surface area contributed by atoms with Gasteiger partial charge in [-0.2, -0.15) is 8.78 Å². The molecule has 0 saturated carbocycles. The summed E-state index contributed by atoms with van der Waals surface area (Å²) in [5, 5.41) is 17.3. The van der Waals surface area contributed by atoms with Crippen molar-refractivity contribution in [1.82, 2.24) is 9.97 Å². The Labute approximate surface area is 194 Å². The molecule has 0 spiro atoms. The van der Waals surface area contributed by atoms with Crippen molar-refractivity contribution in [3.8, 4) is 11.3 Å². The number of hydrogen-bond donors (Lipinski definition) is 2. The summed E-state index contributed by atoms with van der Waals surface area (Å²) in [6, 6.07) is 24.3. The van der Waals surface area contributed by atoms with E-state index in [0.29, 0.717) is 15.8 Å². The Morgan fingerprint density at radius 3 is 1.62 bits per heavy atom. The minimum Gasteiger partial charge on any atom is -0.423 e. The number of pyridine rings is 2. The summed E-state index contributed by atoms with van der Waals surface area (Å²) in [4.78, 5) is 7.23. The molecule has 2 aromatic heterocycles. The van der Waals surface area contributed by atoms with E-state index in [1.54, 1.807) is 36.4 Å². The van der Waals surface area contributed by atoms with Crippen molar-refractivity contribution in [3.63, 3.8) is 0 Å². The second kappa shape index (κ2) is 12.8. The second-order valence-electron chi connectivity index (χ2n) is 6.78. The summed E-state index contributed by atoms with van der Waals surface area (Å²) in [5.41, 5.74) is 4.44. The van der Waals surface area contributed by atoms with Gasteiger partial charge in [0.2, 0.25) is 11.9 Å². The highest BCUT2D eigenvalue weighted by molar-refractivity contribution is 9.10. The van der Waals surface area contributed by atoms with Gasteiger partial charge in [-0.1, -0.05) is 71.8 Å². The Balaban J connectivity index is 0.000000178. The maximum absolute atomic E-state index is 12.8. The van der Waals surface area contributed by atoms with Crippen LogP contribution in [0.5, 0.6) is 0 Å². The van der Waals surface area contributed by atoms with E-state index >= 15 is 0 Å². The van der Waals surface area contributed by atoms with Crippen molar-refractivity contribution in [2.24, 2.45) is 0 Å². The molecule has 164 valence electrons. The van der Waals surface area contributed by atoms with Gasteiger partial charge in [0.15, 0.2) is 0 Å². The average molecular weight is 497 g/mol. The topological polar surface area (TPSA) is 66.2 Å². The molecular formula is C24H22BBrF2N2O2. The number of hydrogen-bond acceptors (Lipinski definition) is 4. The van der Waals surface area contributed by atoms with Gasteiger partial charge in [-0.15, -0.1) is 0 Å². The first kappa shape index (κ1) is 25.3. The first-order valence-corrected chi connectivity index (χ1v) is 10.4. The molecule has 4 nitrogen and oxygen atoms in total. The summed E-state index contributed by atoms with van der Waals surface area (Å²) >= 11 is 3.01. The van der Waals surface area contributed by atoms with Crippen LogP contribution in [-0.4, -0.2) is 27.1 Å². The van der Waals surface area contributed by atoms with Gasteiger partial charge in [-0.25, -0.2) is 9.97 Å². The maximum Gasteiger partial charge on any atom is 0.488 e. The summed E-state index contributed by atoms with van der Waals surface area (Å²) in [5.74, 6) is -0.901. The molecule has 4 aromatic rings. The van der Waals surface area contributed by atoms with Crippen LogP contribution in [0.2, 0.25) is 0 Å². The highest BCUT2D eigenvalue weighted by Gasteiger charge is 2.08. The van der Waals surface area contributed by atoms with E-state index < -0.39 is 19.0 Å². The van der Waals surface area contributed by atoms with Gasteiger partial charge in [0.25, 0.3) is 0 Å². The van der Waals surface area contributed by atoms with Crippen molar-refractivity contribution in [3.05, 3.63) is 113 Å². The average Bonchev–Trinajstić information content (AvgIpc) is 2.75. The Hall–Kier alpha value is -2.94. The van der Waals surface area contributed by atoms with Crippen molar-refractivity contribution >= 4 is 28.5 Å². The Kier molecular flexibility index (Phi) is 10.1. The first-order chi connectivity index (χ1) is 15.2. The summed E-state index contributed by atoms with van der Waals surface area (Å²) in [6.45, 7) is 3.97. The van der Waals surface area contributed by atoms with Gasteiger partial charge < -0.3 is 10.0 Å². The molecule has 0 atom stereocenters. The molecule has 0 amide bonds. The SMILES string of the molecule is Cc1ccc(-c2cccc([18F])n2)cc1.Cc1ccc(B(O)O)cc1.[18F]c1cccc(Br)n1. The quantitative estimate of drug-likeness (QED) is 0.307. The second-order valence-corrected chi connectivity index (χ2v) is 7.59. The molecule has 2 aromatic carbocycles. The number of aromatic nitrogens is 2. The van der Waals surface area contributed by atoms with E-state index in [0.717, 1.165) is 11.1 Å². The molecule has 4 rings (SSSR count). The van der Waals surface area contributed by atoms with E-state index in [1.807, 2.05) is 50.2 Å². The van der Waals surface area contributed by atoms with Crippen LogP contribution in [-0.2, 0) is 0 Å². The van der Waals surface area contributed by atoms with Gasteiger partial charge in [0.1, 0.15) is 4.60 Å². The molecule has 0 aliphatic carbocycles. The largest absolute Gasteiger partial charge is 0.488 e. The van der Waals surface area contributed by atoms with Crippen LogP contribution < -0.4 is 5.46 Å². The highest BCUT2D eigenvalue weighted by atomic mass is 79.9. The molecule has 0 saturated heterocycles. The lowest BCUT2D eigenvalue weighted by atomic mass is 9.80.